The number of hydrogen-bond acceptors (Lipinski definition) is 18. The van der Waals surface area contributed by atoms with E-state index in [-0.39, 0.29) is 110 Å². The van der Waals surface area contributed by atoms with Crippen LogP contribution in [-0.4, -0.2) is 145 Å². The minimum atomic E-state index is -0.838. The minimum Gasteiger partial charge on any atom is -0.506 e. The molecule has 420 valence electrons. The molecule has 1 aromatic heterocycles. The summed E-state index contributed by atoms with van der Waals surface area (Å²) in [5.41, 5.74) is 1.12. The summed E-state index contributed by atoms with van der Waals surface area (Å²) in [6.07, 6.45) is 5.88. The number of phenols is 1. The first-order valence-electron chi connectivity index (χ1n) is 25.7. The Morgan fingerprint density at radius 2 is 1.64 bits per heavy atom. The summed E-state index contributed by atoms with van der Waals surface area (Å²) in [7, 11) is 3.73. The maximum atomic E-state index is 14.4. The van der Waals surface area contributed by atoms with Crippen LogP contribution < -0.4 is 16.0 Å². The van der Waals surface area contributed by atoms with E-state index in [2.05, 4.69) is 37.7 Å². The van der Waals surface area contributed by atoms with Gasteiger partial charge in [-0.25, -0.2) is 4.98 Å². The van der Waals surface area contributed by atoms with Crippen LogP contribution in [-0.2, 0) is 68.6 Å². The molecule has 6 atom stereocenters. The maximum absolute atomic E-state index is 14.4. The van der Waals surface area contributed by atoms with Crippen molar-refractivity contribution in [3.05, 3.63) is 39.8 Å². The van der Waals surface area contributed by atoms with E-state index in [1.165, 1.54) is 24.3 Å². The molecule has 0 bridgehead atoms. The number of benzene rings is 1. The first-order valence-corrected chi connectivity index (χ1v) is 26.6. The molecule has 1 aromatic carbocycles. The molecule has 2 aromatic rings. The van der Waals surface area contributed by atoms with Gasteiger partial charge in [0.15, 0.2) is 11.9 Å². The predicted octanol–water partition coefficient (Wildman–Crippen LogP) is 5.26. The zero-order chi connectivity index (χ0) is 57.2. The number of ether oxygens (including phenoxy) is 3. The zero-order valence-electron chi connectivity index (χ0n) is 45.5. The molecule has 1 aliphatic heterocycles. The van der Waals surface area contributed by atoms with E-state index < -0.39 is 41.5 Å². The third-order valence-electron chi connectivity index (χ3n) is 12.6. The number of Topliss-reactive ketones (excluding diaryl/α,β-unsaturated/α-hetero) is 2. The Morgan fingerprint density at radius 3 is 2.26 bits per heavy atom. The normalized spacial score (nSPS) is 14.8. The van der Waals surface area contributed by atoms with Crippen LogP contribution in [0.4, 0.5) is 5.69 Å². The lowest BCUT2D eigenvalue weighted by Crippen LogP contribution is -2.48. The first-order chi connectivity index (χ1) is 36.2. The maximum Gasteiger partial charge on any atom is 0.373 e. The first kappa shape index (κ1) is 67.6. The lowest BCUT2D eigenvalue weighted by Gasteiger charge is -2.37. The molecule has 3 rings (SSSR count). The van der Waals surface area contributed by atoms with E-state index in [9.17, 15) is 38.7 Å². The molecule has 0 aliphatic carbocycles. The summed E-state index contributed by atoms with van der Waals surface area (Å²) < 4.78 is 16.5. The minimum absolute atomic E-state index is 0.00582. The Labute approximate surface area is 450 Å². The lowest BCUT2D eigenvalue weighted by molar-refractivity contribution is -0.193. The molecule has 1 aliphatic rings. The van der Waals surface area contributed by atoms with Gasteiger partial charge in [-0.15, -0.1) is 11.3 Å². The van der Waals surface area contributed by atoms with Crippen molar-refractivity contribution < 1.29 is 72.1 Å². The number of likely N-dealkylation sites (tertiary alicyclic amines) is 1. The Kier molecular flexibility index (Phi) is 33.9. The molecule has 1 saturated heterocycles. The van der Waals surface area contributed by atoms with Crippen LogP contribution in [0.1, 0.15) is 146 Å². The number of ketones is 2. The number of carbonyl (C=O) groups excluding carboxylic acids is 11. The summed E-state index contributed by atoms with van der Waals surface area (Å²) in [6, 6.07) is 3.97. The molecule has 4 amide bonds. The summed E-state index contributed by atoms with van der Waals surface area (Å²) in [6.45, 7) is 15.6. The van der Waals surface area contributed by atoms with Gasteiger partial charge in [0.05, 0.1) is 31.4 Å². The molecule has 21 nitrogen and oxygen atoms in total. The third-order valence-corrected chi connectivity index (χ3v) is 13.6. The van der Waals surface area contributed by atoms with Crippen LogP contribution in [0.5, 0.6) is 5.75 Å². The average molecular weight is 1080 g/mol. The summed E-state index contributed by atoms with van der Waals surface area (Å²) in [5.74, 6) is 1.58. The molecule has 2 heterocycles. The van der Waals surface area contributed by atoms with Crippen molar-refractivity contribution in [2.45, 2.75) is 150 Å². The van der Waals surface area contributed by atoms with Crippen molar-refractivity contribution in [2.24, 2.45) is 17.8 Å². The SMILES string of the molecule is CCC[C@H](Cc1ccc(O)c(NC(=O)CCOCCCC(=O)C#CC(=O)NCCOCC)c1)NC(=O)c1csc([C@@H](C[C@H](C(C)C)N(C)C(=O)[C@@H](CC(=O)[C@H]2CCCCN2C)[C@@H](C)CC)OC(C)=O)n1.O=C=O.O=C=O. The standard InChI is InChI=1S/C52H78N6O11S.2CO2/c1-10-16-38(29-37-19-21-45(61)41(30-37)55-49(64)23-27-68-26-15-17-39(60)20-22-48(63)53-24-28-67-12-3)54-50(65)42-33-70-51(56-42)47(69-36(7)59)32-44(34(4)5)58(9)52(66)40(35(6)11-2)31-46(62)43-18-13-14-25-57(43)8;2*2-1-3/h19,21,30,33-35,38,40,43-44,47,61H,10-18,23-29,31-32H2,1-9H3,(H,53,63)(H,54,65)(H,55,64);;/t35-,38+,40-,43+,44+,47+;;/m0../s1. The summed E-state index contributed by atoms with van der Waals surface area (Å²) >= 11 is 1.20. The fourth-order valence-electron chi connectivity index (χ4n) is 8.47. The van der Waals surface area contributed by atoms with Gasteiger partial charge in [-0.1, -0.05) is 59.9 Å². The zero-order valence-corrected chi connectivity index (χ0v) is 46.3. The Hall–Kier alpha value is -6.46. The van der Waals surface area contributed by atoms with Crippen LogP contribution in [0.3, 0.4) is 0 Å². The van der Waals surface area contributed by atoms with Gasteiger partial charge in [0.2, 0.25) is 17.6 Å². The smallest absolute Gasteiger partial charge is 0.373 e. The number of aromatic hydroxyl groups is 1. The van der Waals surface area contributed by atoms with Crippen molar-refractivity contribution in [3.8, 4) is 17.6 Å². The van der Waals surface area contributed by atoms with E-state index >= 15 is 0 Å². The van der Waals surface area contributed by atoms with E-state index in [4.69, 9.17) is 33.4 Å². The predicted molar refractivity (Wildman–Crippen MR) is 279 cm³/mol. The second kappa shape index (κ2) is 38.1. The van der Waals surface area contributed by atoms with Crippen molar-refractivity contribution in [3.63, 3.8) is 0 Å². The second-order valence-corrected chi connectivity index (χ2v) is 19.5. The van der Waals surface area contributed by atoms with Crippen molar-refractivity contribution in [2.75, 3.05) is 58.9 Å². The van der Waals surface area contributed by atoms with E-state index in [0.717, 1.165) is 44.2 Å². The molecule has 0 radical (unpaired) electrons. The molecule has 0 spiro atoms. The Balaban J connectivity index is 0.00000458. The van der Waals surface area contributed by atoms with Crippen LogP contribution in [0.25, 0.3) is 0 Å². The largest absolute Gasteiger partial charge is 0.506 e. The monoisotopic (exact) mass is 1080 g/mol. The highest BCUT2D eigenvalue weighted by Gasteiger charge is 2.37. The number of nitrogens with zero attached hydrogens (tertiary/aromatic N) is 3. The van der Waals surface area contributed by atoms with Gasteiger partial charge in [-0.05, 0) is 88.1 Å². The highest BCUT2D eigenvalue weighted by molar-refractivity contribution is 7.09. The number of anilines is 1. The number of carbonyl (C=O) groups is 7. The van der Waals surface area contributed by atoms with E-state index in [1.807, 2.05) is 48.6 Å². The highest BCUT2D eigenvalue weighted by Crippen LogP contribution is 2.33. The van der Waals surface area contributed by atoms with Gasteiger partial charge in [-0.3, -0.25) is 38.5 Å². The molecule has 22 heteroatoms. The second-order valence-electron chi connectivity index (χ2n) is 18.6. The number of piperidine rings is 1. The average Bonchev–Trinajstić information content (AvgIpc) is 3.88. The van der Waals surface area contributed by atoms with Gasteiger partial charge < -0.3 is 40.2 Å². The van der Waals surface area contributed by atoms with Gasteiger partial charge >= 0.3 is 18.3 Å². The molecule has 0 saturated carbocycles. The number of esters is 1. The molecule has 1 fully saturated rings. The van der Waals surface area contributed by atoms with Gasteiger partial charge in [0.25, 0.3) is 11.8 Å². The number of likely N-dealkylation sites (N-methyl/N-ethyl adjacent to an activating group) is 1. The quantitative estimate of drug-likeness (QED) is 0.0255. The number of nitrogens with one attached hydrogen (secondary N) is 3. The summed E-state index contributed by atoms with van der Waals surface area (Å²) in [4.78, 5) is 132. The summed E-state index contributed by atoms with van der Waals surface area (Å²) in [5, 5.41) is 21.0. The van der Waals surface area contributed by atoms with Crippen molar-refractivity contribution >= 4 is 70.5 Å². The highest BCUT2D eigenvalue weighted by atomic mass is 32.1. The molecule has 0 unspecified atom stereocenters. The number of amides is 4. The fraction of sp³-hybridized carbons (Fsp3) is 0.630. The Bertz CT molecular complexity index is 2290. The van der Waals surface area contributed by atoms with Crippen LogP contribution >= 0.6 is 11.3 Å². The van der Waals surface area contributed by atoms with Crippen molar-refractivity contribution in [1.29, 1.82) is 0 Å². The lowest BCUT2D eigenvalue weighted by atomic mass is 9.83. The molecule has 76 heavy (non-hydrogen) atoms. The van der Waals surface area contributed by atoms with Crippen molar-refractivity contribution in [1.82, 2.24) is 25.4 Å². The van der Waals surface area contributed by atoms with Crippen LogP contribution in [0.15, 0.2) is 23.6 Å². The van der Waals surface area contributed by atoms with E-state index in [1.54, 1.807) is 29.5 Å². The molecule has 4 N–H and O–H groups in total. The van der Waals surface area contributed by atoms with Crippen LogP contribution in [0, 0.1) is 29.6 Å². The van der Waals surface area contributed by atoms with Crippen LogP contribution in [0.2, 0.25) is 0 Å². The Morgan fingerprint density at radius 1 is 0.947 bits per heavy atom. The topological polar surface area (TPSA) is 291 Å². The third kappa shape index (κ3) is 25.9. The number of thiazole rings is 1. The number of phenolic OH excluding ortho intramolecular Hbond substituents is 1. The number of rotatable bonds is 30. The molecular weight excluding hydrogens is 1000 g/mol. The van der Waals surface area contributed by atoms with Gasteiger partial charge in [0, 0.05) is 82.3 Å². The fourth-order valence-corrected chi connectivity index (χ4v) is 9.31. The van der Waals surface area contributed by atoms with E-state index in [0.29, 0.717) is 44.0 Å². The van der Waals surface area contributed by atoms with Gasteiger partial charge in [-0.2, -0.15) is 19.2 Å². The number of aromatic nitrogens is 1. The number of hydrogen-bond donors (Lipinski definition) is 4. The van der Waals surface area contributed by atoms with Gasteiger partial charge in [0.1, 0.15) is 16.5 Å². The molecular formula is C54H78N6O15S.